The van der Waals surface area contributed by atoms with Crippen LogP contribution in [-0.4, -0.2) is 0 Å². The summed E-state index contributed by atoms with van der Waals surface area (Å²) in [5.74, 6) is 0.674. The Morgan fingerprint density at radius 1 is 1.67 bits per heavy atom. The predicted molar refractivity (Wildman–Crippen MR) is 41.5 cm³/mol. The minimum atomic E-state index is 0.674. The van der Waals surface area contributed by atoms with Crippen molar-refractivity contribution in [3.63, 3.8) is 0 Å². The largest absolute Gasteiger partial charge is 0.0844 e. The Kier molecular flexibility index (Phi) is 1.97. The average Bonchev–Trinajstić information content (AvgIpc) is 1.80. The molecule has 1 aliphatic carbocycles. The Hall–Kier alpha value is -0.230. The quantitative estimate of drug-likeness (QED) is 0.488. The van der Waals surface area contributed by atoms with E-state index >= 15 is 0 Å². The van der Waals surface area contributed by atoms with Gasteiger partial charge in [-0.1, -0.05) is 30.2 Å². The third-order valence-electron chi connectivity index (χ3n) is 1.61. The highest BCUT2D eigenvalue weighted by Crippen LogP contribution is 2.24. The summed E-state index contributed by atoms with van der Waals surface area (Å²) in [5, 5.41) is 0.924. The van der Waals surface area contributed by atoms with Crippen molar-refractivity contribution >= 4 is 11.6 Å². The van der Waals surface area contributed by atoms with Crippen molar-refractivity contribution in [2.45, 2.75) is 20.3 Å². The van der Waals surface area contributed by atoms with Gasteiger partial charge in [-0.25, -0.2) is 0 Å². The number of hydrogen-bond acceptors (Lipinski definition) is 0. The molecule has 0 nitrogen and oxygen atoms in total. The molecule has 0 saturated heterocycles. The molecule has 1 heteroatoms. The van der Waals surface area contributed by atoms with Crippen LogP contribution < -0.4 is 0 Å². The van der Waals surface area contributed by atoms with Crippen LogP contribution in [0.1, 0.15) is 20.3 Å². The second kappa shape index (κ2) is 2.57. The van der Waals surface area contributed by atoms with E-state index in [1.54, 1.807) is 0 Å². The zero-order valence-electron chi connectivity index (χ0n) is 5.82. The molecule has 0 spiro atoms. The first-order valence-electron chi connectivity index (χ1n) is 3.23. The van der Waals surface area contributed by atoms with Gasteiger partial charge in [0.05, 0.1) is 0 Å². The molecular weight excluding hydrogens is 132 g/mol. The van der Waals surface area contributed by atoms with E-state index in [0.717, 1.165) is 11.5 Å². The molecule has 1 aliphatic rings. The van der Waals surface area contributed by atoms with E-state index in [2.05, 4.69) is 19.9 Å². The van der Waals surface area contributed by atoms with Crippen molar-refractivity contribution in [2.24, 2.45) is 5.92 Å². The fourth-order valence-corrected chi connectivity index (χ4v) is 1.19. The predicted octanol–water partition coefficient (Wildman–Crippen LogP) is 3.10. The molecule has 0 aromatic heterocycles. The maximum atomic E-state index is 5.83. The molecule has 0 unspecified atom stereocenters. The Balaban J connectivity index is 2.75. The van der Waals surface area contributed by atoms with Gasteiger partial charge in [0.15, 0.2) is 0 Å². The van der Waals surface area contributed by atoms with E-state index in [1.807, 2.05) is 6.08 Å². The van der Waals surface area contributed by atoms with Crippen molar-refractivity contribution in [3.8, 4) is 0 Å². The number of rotatable bonds is 0. The summed E-state index contributed by atoms with van der Waals surface area (Å²) in [7, 11) is 0. The highest BCUT2D eigenvalue weighted by atomic mass is 35.5. The molecule has 0 radical (unpaired) electrons. The van der Waals surface area contributed by atoms with Crippen molar-refractivity contribution in [1.82, 2.24) is 0 Å². The molecule has 9 heavy (non-hydrogen) atoms. The molecule has 1 rings (SSSR count). The maximum absolute atomic E-state index is 5.83. The van der Waals surface area contributed by atoms with Crippen LogP contribution in [0.2, 0.25) is 0 Å². The summed E-state index contributed by atoms with van der Waals surface area (Å²) in [6.45, 7) is 4.28. The van der Waals surface area contributed by atoms with Crippen molar-refractivity contribution in [3.05, 3.63) is 22.8 Å². The van der Waals surface area contributed by atoms with Crippen LogP contribution in [0.5, 0.6) is 0 Å². The maximum Gasteiger partial charge on any atom is 0.0392 e. The Labute approximate surface area is 61.2 Å². The lowest BCUT2D eigenvalue weighted by molar-refractivity contribution is 0.705. The third kappa shape index (κ3) is 1.59. The lowest BCUT2D eigenvalue weighted by atomic mass is 9.97. The highest BCUT2D eigenvalue weighted by Gasteiger charge is 2.06. The van der Waals surface area contributed by atoms with E-state index in [-0.39, 0.29) is 0 Å². The van der Waals surface area contributed by atoms with Crippen LogP contribution in [0, 0.1) is 5.92 Å². The van der Waals surface area contributed by atoms with Crippen molar-refractivity contribution < 1.29 is 0 Å². The molecule has 0 heterocycles. The van der Waals surface area contributed by atoms with Crippen molar-refractivity contribution in [1.29, 1.82) is 0 Å². The lowest BCUT2D eigenvalue weighted by Crippen LogP contribution is -1.96. The van der Waals surface area contributed by atoms with Gasteiger partial charge < -0.3 is 0 Å². The standard InChI is InChI=1S/C8H11Cl/c1-6-3-4-8(9)7(2)5-6/h3-4,6H,5H2,1-2H3/t6-/m0/s1. The van der Waals surface area contributed by atoms with Gasteiger partial charge in [0, 0.05) is 5.03 Å². The van der Waals surface area contributed by atoms with Crippen LogP contribution in [-0.2, 0) is 0 Å². The number of hydrogen-bond donors (Lipinski definition) is 0. The van der Waals surface area contributed by atoms with Gasteiger partial charge in [-0.3, -0.25) is 0 Å². The Bertz CT molecular complexity index is 165. The minimum Gasteiger partial charge on any atom is -0.0844 e. The van der Waals surface area contributed by atoms with Crippen LogP contribution in [0.3, 0.4) is 0 Å². The van der Waals surface area contributed by atoms with Gasteiger partial charge >= 0.3 is 0 Å². The molecule has 0 saturated carbocycles. The second-order valence-electron chi connectivity index (χ2n) is 2.67. The van der Waals surface area contributed by atoms with Gasteiger partial charge in [-0.05, 0) is 25.3 Å². The Morgan fingerprint density at radius 2 is 2.33 bits per heavy atom. The molecular formula is C8H11Cl. The van der Waals surface area contributed by atoms with Crippen LogP contribution in [0.15, 0.2) is 22.8 Å². The van der Waals surface area contributed by atoms with Crippen molar-refractivity contribution in [2.75, 3.05) is 0 Å². The zero-order chi connectivity index (χ0) is 6.85. The average molecular weight is 143 g/mol. The fraction of sp³-hybridized carbons (Fsp3) is 0.500. The first-order valence-corrected chi connectivity index (χ1v) is 3.61. The van der Waals surface area contributed by atoms with Crippen LogP contribution >= 0.6 is 11.6 Å². The topological polar surface area (TPSA) is 0 Å². The van der Waals surface area contributed by atoms with Gasteiger partial charge in [0.2, 0.25) is 0 Å². The zero-order valence-corrected chi connectivity index (χ0v) is 6.57. The van der Waals surface area contributed by atoms with Crippen LogP contribution in [0.4, 0.5) is 0 Å². The second-order valence-corrected chi connectivity index (χ2v) is 3.08. The normalized spacial score (nSPS) is 27.2. The summed E-state index contributed by atoms with van der Waals surface area (Å²) in [5.41, 5.74) is 1.31. The molecule has 0 aromatic rings. The first-order chi connectivity index (χ1) is 4.20. The molecule has 0 N–H and O–H groups in total. The molecule has 0 aliphatic heterocycles. The van der Waals surface area contributed by atoms with Gasteiger partial charge in [0.25, 0.3) is 0 Å². The summed E-state index contributed by atoms with van der Waals surface area (Å²) in [6, 6.07) is 0. The first kappa shape index (κ1) is 6.88. The smallest absolute Gasteiger partial charge is 0.0392 e. The summed E-state index contributed by atoms with van der Waals surface area (Å²) < 4.78 is 0. The monoisotopic (exact) mass is 142 g/mol. The third-order valence-corrected chi connectivity index (χ3v) is 2.06. The van der Waals surface area contributed by atoms with Gasteiger partial charge in [0.1, 0.15) is 0 Å². The summed E-state index contributed by atoms with van der Waals surface area (Å²) in [6.07, 6.45) is 5.26. The lowest BCUT2D eigenvalue weighted by Gasteiger charge is -2.12. The van der Waals surface area contributed by atoms with Gasteiger partial charge in [-0.15, -0.1) is 0 Å². The molecule has 1 atom stereocenters. The van der Waals surface area contributed by atoms with E-state index in [0.29, 0.717) is 5.92 Å². The van der Waals surface area contributed by atoms with E-state index in [9.17, 15) is 0 Å². The summed E-state index contributed by atoms with van der Waals surface area (Å²) in [4.78, 5) is 0. The molecule has 0 aromatic carbocycles. The molecule has 0 fully saturated rings. The molecule has 0 amide bonds. The number of halogens is 1. The number of allylic oxidation sites excluding steroid dienone is 4. The molecule has 50 valence electrons. The SMILES string of the molecule is CC1=C(Cl)C=C[C@H](C)C1. The van der Waals surface area contributed by atoms with Crippen LogP contribution in [0.25, 0.3) is 0 Å². The van der Waals surface area contributed by atoms with E-state index in [1.165, 1.54) is 5.57 Å². The highest BCUT2D eigenvalue weighted by molar-refractivity contribution is 6.31. The fourth-order valence-electron chi connectivity index (χ4n) is 1.04. The molecule has 0 bridgehead atoms. The minimum absolute atomic E-state index is 0.674. The van der Waals surface area contributed by atoms with E-state index in [4.69, 9.17) is 11.6 Å². The van der Waals surface area contributed by atoms with Gasteiger partial charge in [-0.2, -0.15) is 0 Å². The van der Waals surface area contributed by atoms with E-state index < -0.39 is 0 Å². The summed E-state index contributed by atoms with van der Waals surface area (Å²) >= 11 is 5.83. The Morgan fingerprint density at radius 3 is 2.78 bits per heavy atom.